The van der Waals surface area contributed by atoms with Gasteiger partial charge in [0.05, 0.1) is 25.2 Å². The molecule has 1 fully saturated rings. The SMILES string of the molecule is CC(C)(C)CC(Cl)CNC(=O)C1COCCO1. The summed E-state index contributed by atoms with van der Waals surface area (Å²) in [5.74, 6) is -0.135. The number of carbonyl (C=O) groups excluding carboxylic acids is 1. The summed E-state index contributed by atoms with van der Waals surface area (Å²) < 4.78 is 10.5. The lowest BCUT2D eigenvalue weighted by molar-refractivity contribution is -0.147. The Morgan fingerprint density at radius 2 is 2.18 bits per heavy atom. The topological polar surface area (TPSA) is 47.6 Å². The zero-order valence-electron chi connectivity index (χ0n) is 10.8. The minimum Gasteiger partial charge on any atom is -0.376 e. The first kappa shape index (κ1) is 14.7. The molecule has 1 aliphatic rings. The van der Waals surface area contributed by atoms with E-state index in [1.807, 2.05) is 0 Å². The molecule has 0 aromatic heterocycles. The molecule has 1 amide bonds. The lowest BCUT2D eigenvalue weighted by Gasteiger charge is -2.24. The molecule has 17 heavy (non-hydrogen) atoms. The van der Waals surface area contributed by atoms with Crippen LogP contribution < -0.4 is 5.32 Å². The van der Waals surface area contributed by atoms with Gasteiger partial charge in [-0.15, -0.1) is 11.6 Å². The Hall–Kier alpha value is -0.320. The molecule has 0 aromatic rings. The predicted molar refractivity (Wildman–Crippen MR) is 67.3 cm³/mol. The molecular weight excluding hydrogens is 242 g/mol. The van der Waals surface area contributed by atoms with Crippen LogP contribution in [0.1, 0.15) is 27.2 Å². The summed E-state index contributed by atoms with van der Waals surface area (Å²) in [6.45, 7) is 8.22. The van der Waals surface area contributed by atoms with E-state index in [9.17, 15) is 4.79 Å². The number of carbonyl (C=O) groups is 1. The monoisotopic (exact) mass is 263 g/mol. The number of alkyl halides is 1. The Morgan fingerprint density at radius 3 is 2.71 bits per heavy atom. The van der Waals surface area contributed by atoms with E-state index in [-0.39, 0.29) is 16.7 Å². The summed E-state index contributed by atoms with van der Waals surface area (Å²) in [6, 6.07) is 0. The summed E-state index contributed by atoms with van der Waals surface area (Å²) in [5, 5.41) is 2.75. The molecule has 1 saturated heterocycles. The van der Waals surface area contributed by atoms with Gasteiger partial charge in [-0.1, -0.05) is 20.8 Å². The van der Waals surface area contributed by atoms with Gasteiger partial charge in [-0.25, -0.2) is 0 Å². The van der Waals surface area contributed by atoms with Crippen molar-refractivity contribution in [2.75, 3.05) is 26.4 Å². The zero-order valence-corrected chi connectivity index (χ0v) is 11.5. The van der Waals surface area contributed by atoms with Gasteiger partial charge in [-0.05, 0) is 11.8 Å². The number of nitrogens with one attached hydrogen (secondary N) is 1. The van der Waals surface area contributed by atoms with E-state index in [1.54, 1.807) is 0 Å². The average molecular weight is 264 g/mol. The van der Waals surface area contributed by atoms with Crippen molar-refractivity contribution in [2.24, 2.45) is 5.41 Å². The number of hydrogen-bond acceptors (Lipinski definition) is 3. The predicted octanol–water partition coefficient (Wildman–Crippen LogP) is 1.56. The van der Waals surface area contributed by atoms with Crippen molar-refractivity contribution < 1.29 is 14.3 Å². The molecule has 2 atom stereocenters. The second-order valence-electron chi connectivity index (χ2n) is 5.54. The first-order valence-electron chi connectivity index (χ1n) is 5.99. The summed E-state index contributed by atoms with van der Waals surface area (Å²) in [6.07, 6.45) is 0.374. The van der Waals surface area contributed by atoms with Crippen LogP contribution in [0.4, 0.5) is 0 Å². The van der Waals surface area contributed by atoms with Crippen LogP contribution in [0.3, 0.4) is 0 Å². The maximum Gasteiger partial charge on any atom is 0.251 e. The van der Waals surface area contributed by atoms with Gasteiger partial charge < -0.3 is 14.8 Å². The Bertz CT molecular complexity index is 247. The second-order valence-corrected chi connectivity index (χ2v) is 6.16. The minimum atomic E-state index is -0.484. The number of halogens is 1. The van der Waals surface area contributed by atoms with Gasteiger partial charge in [0, 0.05) is 6.54 Å². The first-order valence-corrected chi connectivity index (χ1v) is 6.43. The van der Waals surface area contributed by atoms with Crippen molar-refractivity contribution in [3.05, 3.63) is 0 Å². The number of ether oxygens (including phenoxy) is 2. The van der Waals surface area contributed by atoms with Gasteiger partial charge in [0.2, 0.25) is 0 Å². The van der Waals surface area contributed by atoms with Crippen LogP contribution in [0, 0.1) is 5.41 Å². The zero-order chi connectivity index (χ0) is 12.9. The Labute approximate surface area is 108 Å². The third kappa shape index (κ3) is 6.24. The molecule has 1 rings (SSSR count). The van der Waals surface area contributed by atoms with E-state index in [0.29, 0.717) is 26.4 Å². The van der Waals surface area contributed by atoms with Gasteiger partial charge in [0.1, 0.15) is 0 Å². The fraction of sp³-hybridized carbons (Fsp3) is 0.917. The Kier molecular flexibility index (Phi) is 5.70. The summed E-state index contributed by atoms with van der Waals surface area (Å²) in [4.78, 5) is 11.7. The fourth-order valence-corrected chi connectivity index (χ4v) is 2.24. The number of hydrogen-bond donors (Lipinski definition) is 1. The highest BCUT2D eigenvalue weighted by Crippen LogP contribution is 2.23. The van der Waals surface area contributed by atoms with Crippen molar-refractivity contribution in [3.63, 3.8) is 0 Å². The molecule has 0 saturated carbocycles. The molecule has 2 unspecified atom stereocenters. The molecule has 1 heterocycles. The molecule has 0 spiro atoms. The van der Waals surface area contributed by atoms with Crippen LogP contribution in [0.2, 0.25) is 0 Å². The molecule has 0 bridgehead atoms. The van der Waals surface area contributed by atoms with E-state index in [0.717, 1.165) is 6.42 Å². The number of rotatable bonds is 4. The van der Waals surface area contributed by atoms with E-state index in [1.165, 1.54) is 0 Å². The van der Waals surface area contributed by atoms with E-state index in [2.05, 4.69) is 26.1 Å². The summed E-state index contributed by atoms with van der Waals surface area (Å²) in [5.41, 5.74) is 0.168. The van der Waals surface area contributed by atoms with Crippen LogP contribution in [0.25, 0.3) is 0 Å². The van der Waals surface area contributed by atoms with E-state index < -0.39 is 6.10 Å². The Morgan fingerprint density at radius 1 is 1.47 bits per heavy atom. The molecule has 4 nitrogen and oxygen atoms in total. The third-order valence-electron chi connectivity index (χ3n) is 2.44. The van der Waals surface area contributed by atoms with Crippen LogP contribution >= 0.6 is 11.6 Å². The minimum absolute atomic E-state index is 0.0524. The van der Waals surface area contributed by atoms with Crippen molar-refractivity contribution in [3.8, 4) is 0 Å². The lowest BCUT2D eigenvalue weighted by Crippen LogP contribution is -2.44. The van der Waals surface area contributed by atoms with Crippen molar-refractivity contribution >= 4 is 17.5 Å². The maximum absolute atomic E-state index is 11.7. The molecule has 1 aliphatic heterocycles. The van der Waals surface area contributed by atoms with Crippen LogP contribution in [0.15, 0.2) is 0 Å². The van der Waals surface area contributed by atoms with Gasteiger partial charge in [0.25, 0.3) is 5.91 Å². The summed E-state index contributed by atoms with van der Waals surface area (Å²) in [7, 11) is 0. The molecule has 0 aliphatic carbocycles. The third-order valence-corrected chi connectivity index (χ3v) is 2.75. The van der Waals surface area contributed by atoms with Gasteiger partial charge in [-0.3, -0.25) is 4.79 Å². The van der Waals surface area contributed by atoms with Crippen LogP contribution in [-0.4, -0.2) is 43.8 Å². The van der Waals surface area contributed by atoms with E-state index in [4.69, 9.17) is 21.1 Å². The summed E-state index contributed by atoms with van der Waals surface area (Å²) >= 11 is 6.16. The first-order chi connectivity index (χ1) is 7.88. The standard InChI is InChI=1S/C12H22ClNO3/c1-12(2,3)6-9(13)7-14-11(15)10-8-16-4-5-17-10/h9-10H,4-8H2,1-3H3,(H,14,15). The average Bonchev–Trinajstić information content (AvgIpc) is 2.25. The number of amides is 1. The molecule has 5 heteroatoms. The smallest absolute Gasteiger partial charge is 0.251 e. The quantitative estimate of drug-likeness (QED) is 0.783. The molecule has 0 radical (unpaired) electrons. The molecular formula is C12H22ClNO3. The van der Waals surface area contributed by atoms with Gasteiger partial charge in [0.15, 0.2) is 6.10 Å². The van der Waals surface area contributed by atoms with Gasteiger partial charge in [-0.2, -0.15) is 0 Å². The molecule has 0 aromatic carbocycles. The highest BCUT2D eigenvalue weighted by molar-refractivity contribution is 6.20. The Balaban J connectivity index is 2.22. The normalized spacial score (nSPS) is 23.2. The second kappa shape index (κ2) is 6.57. The highest BCUT2D eigenvalue weighted by atomic mass is 35.5. The largest absolute Gasteiger partial charge is 0.376 e. The van der Waals surface area contributed by atoms with Crippen LogP contribution in [-0.2, 0) is 14.3 Å². The van der Waals surface area contributed by atoms with Crippen molar-refractivity contribution in [2.45, 2.75) is 38.7 Å². The maximum atomic E-state index is 11.7. The molecule has 100 valence electrons. The van der Waals surface area contributed by atoms with Crippen molar-refractivity contribution in [1.82, 2.24) is 5.32 Å². The van der Waals surface area contributed by atoms with Crippen molar-refractivity contribution in [1.29, 1.82) is 0 Å². The molecule has 1 N–H and O–H groups in total. The van der Waals surface area contributed by atoms with E-state index >= 15 is 0 Å². The fourth-order valence-electron chi connectivity index (χ4n) is 1.70. The van der Waals surface area contributed by atoms with Crippen LogP contribution in [0.5, 0.6) is 0 Å². The highest BCUT2D eigenvalue weighted by Gasteiger charge is 2.23. The van der Waals surface area contributed by atoms with Gasteiger partial charge >= 0.3 is 0 Å². The lowest BCUT2D eigenvalue weighted by atomic mass is 9.90.